The molecule has 6 nitrogen and oxygen atoms in total. The van der Waals surface area contributed by atoms with Crippen LogP contribution in [0.25, 0.3) is 5.69 Å². The first-order chi connectivity index (χ1) is 15.2. The highest BCUT2D eigenvalue weighted by Gasteiger charge is 2.43. The van der Waals surface area contributed by atoms with E-state index in [-0.39, 0.29) is 23.3 Å². The standard InChI is InChI=1S/C21H18ClF4N5O/c1-11-17(22)19(21(24,25)26)28-30(11)15-8-9-29(20(15)32)16-10-27-31(18(16)12-2-3-12)14-6-4-13(23)5-7-14/h4-7,10,12,15H,2-3,8-9H2,1H3. The molecule has 0 bridgehead atoms. The minimum Gasteiger partial charge on any atom is -0.307 e. The molecule has 2 fully saturated rings. The number of rotatable bonds is 4. The van der Waals surface area contributed by atoms with Crippen LogP contribution in [0.1, 0.15) is 48.3 Å². The summed E-state index contributed by atoms with van der Waals surface area (Å²) in [5.41, 5.74) is 1.05. The highest BCUT2D eigenvalue weighted by Crippen LogP contribution is 2.46. The second kappa shape index (κ2) is 7.33. The molecule has 1 aromatic carbocycles. The van der Waals surface area contributed by atoms with Gasteiger partial charge in [-0.1, -0.05) is 11.6 Å². The average Bonchev–Trinajstić information content (AvgIpc) is 3.27. The van der Waals surface area contributed by atoms with Crippen molar-refractivity contribution in [3.05, 3.63) is 58.4 Å². The van der Waals surface area contributed by atoms with E-state index in [0.29, 0.717) is 24.3 Å². The lowest BCUT2D eigenvalue weighted by Gasteiger charge is -2.18. The SMILES string of the molecule is Cc1c(Cl)c(C(F)(F)F)nn1C1CCN(c2cnn(-c3ccc(F)cc3)c2C2CC2)C1=O. The Kier molecular flexibility index (Phi) is 4.81. The monoisotopic (exact) mass is 467 g/mol. The van der Waals surface area contributed by atoms with Gasteiger partial charge in [0.2, 0.25) is 0 Å². The van der Waals surface area contributed by atoms with Crippen LogP contribution in [0, 0.1) is 12.7 Å². The number of nitrogens with zero attached hydrogens (tertiary/aromatic N) is 5. The molecule has 1 aliphatic heterocycles. The summed E-state index contributed by atoms with van der Waals surface area (Å²) in [6, 6.07) is 5.02. The molecule has 168 valence electrons. The van der Waals surface area contributed by atoms with E-state index in [1.807, 2.05) is 0 Å². The summed E-state index contributed by atoms with van der Waals surface area (Å²) in [5, 5.41) is 7.56. The fourth-order valence-electron chi connectivity index (χ4n) is 4.20. The normalized spacial score (nSPS) is 19.2. The van der Waals surface area contributed by atoms with Gasteiger partial charge in [0.1, 0.15) is 11.9 Å². The van der Waals surface area contributed by atoms with Crippen molar-refractivity contribution in [1.82, 2.24) is 19.6 Å². The van der Waals surface area contributed by atoms with E-state index in [1.54, 1.807) is 27.9 Å². The molecule has 2 aromatic heterocycles. The molecule has 0 N–H and O–H groups in total. The first-order valence-corrected chi connectivity index (χ1v) is 10.5. The highest BCUT2D eigenvalue weighted by molar-refractivity contribution is 6.32. The van der Waals surface area contributed by atoms with Gasteiger partial charge < -0.3 is 4.90 Å². The molecule has 1 saturated heterocycles. The molecule has 1 amide bonds. The van der Waals surface area contributed by atoms with Crippen LogP contribution in [-0.2, 0) is 11.0 Å². The fraction of sp³-hybridized carbons (Fsp3) is 0.381. The lowest BCUT2D eigenvalue weighted by Crippen LogP contribution is -2.29. The predicted octanol–water partition coefficient (Wildman–Crippen LogP) is 5.04. The molecule has 11 heteroatoms. The molecule has 1 aliphatic carbocycles. The van der Waals surface area contributed by atoms with Crippen molar-refractivity contribution in [3.63, 3.8) is 0 Å². The van der Waals surface area contributed by atoms with E-state index in [1.165, 1.54) is 19.1 Å². The fourth-order valence-corrected chi connectivity index (χ4v) is 4.43. The number of amides is 1. The summed E-state index contributed by atoms with van der Waals surface area (Å²) in [6.07, 6.45) is -0.950. The highest BCUT2D eigenvalue weighted by atomic mass is 35.5. The summed E-state index contributed by atoms with van der Waals surface area (Å²) >= 11 is 5.87. The Morgan fingerprint density at radius 1 is 1.12 bits per heavy atom. The zero-order chi connectivity index (χ0) is 22.8. The van der Waals surface area contributed by atoms with Crippen molar-refractivity contribution in [3.8, 4) is 5.69 Å². The van der Waals surface area contributed by atoms with Crippen LogP contribution in [0.5, 0.6) is 0 Å². The van der Waals surface area contributed by atoms with Crippen molar-refractivity contribution >= 4 is 23.2 Å². The first kappa shape index (κ1) is 21.0. The Labute approximate surface area is 185 Å². The molecule has 0 spiro atoms. The summed E-state index contributed by atoms with van der Waals surface area (Å²) in [4.78, 5) is 14.8. The number of anilines is 1. The molecular formula is C21H18ClF4N5O. The van der Waals surface area contributed by atoms with Gasteiger partial charge in [0.15, 0.2) is 5.69 Å². The smallest absolute Gasteiger partial charge is 0.307 e. The second-order valence-electron chi connectivity index (χ2n) is 8.06. The molecule has 3 aromatic rings. The summed E-state index contributed by atoms with van der Waals surface area (Å²) in [5.74, 6) is -0.512. The van der Waals surface area contributed by atoms with Gasteiger partial charge in [-0.25, -0.2) is 9.07 Å². The minimum atomic E-state index is -4.70. The van der Waals surface area contributed by atoms with Crippen LogP contribution in [0.3, 0.4) is 0 Å². The van der Waals surface area contributed by atoms with Gasteiger partial charge in [0.05, 0.1) is 34.0 Å². The Morgan fingerprint density at radius 2 is 1.81 bits per heavy atom. The average molecular weight is 468 g/mol. The third-order valence-electron chi connectivity index (χ3n) is 5.93. The van der Waals surface area contributed by atoms with E-state index in [9.17, 15) is 22.4 Å². The third kappa shape index (κ3) is 3.37. The quantitative estimate of drug-likeness (QED) is 0.505. The summed E-state index contributed by atoms with van der Waals surface area (Å²) in [7, 11) is 0. The van der Waals surface area contributed by atoms with E-state index in [2.05, 4.69) is 10.2 Å². The Bertz CT molecular complexity index is 1200. The van der Waals surface area contributed by atoms with Gasteiger partial charge in [-0.05, 0) is 50.5 Å². The van der Waals surface area contributed by atoms with Crippen molar-refractivity contribution < 1.29 is 22.4 Å². The van der Waals surface area contributed by atoms with Gasteiger partial charge in [0, 0.05) is 12.5 Å². The second-order valence-corrected chi connectivity index (χ2v) is 8.44. The van der Waals surface area contributed by atoms with E-state index in [4.69, 9.17) is 11.6 Å². The van der Waals surface area contributed by atoms with Crippen LogP contribution < -0.4 is 4.90 Å². The van der Waals surface area contributed by atoms with E-state index < -0.39 is 22.9 Å². The maximum Gasteiger partial charge on any atom is 0.436 e. The number of benzene rings is 1. The molecule has 2 aliphatic rings. The maximum atomic E-state index is 13.3. The number of carbonyl (C=O) groups excluding carboxylic acids is 1. The first-order valence-electron chi connectivity index (χ1n) is 10.1. The van der Waals surface area contributed by atoms with Crippen molar-refractivity contribution in [2.24, 2.45) is 0 Å². The Hall–Kier alpha value is -2.88. The zero-order valence-corrected chi connectivity index (χ0v) is 17.7. The number of halogens is 5. The minimum absolute atomic E-state index is 0.101. The van der Waals surface area contributed by atoms with Crippen LogP contribution in [0.15, 0.2) is 30.5 Å². The largest absolute Gasteiger partial charge is 0.436 e. The van der Waals surface area contributed by atoms with Gasteiger partial charge in [-0.15, -0.1) is 0 Å². The van der Waals surface area contributed by atoms with Gasteiger partial charge in [-0.3, -0.25) is 9.48 Å². The van der Waals surface area contributed by atoms with E-state index in [0.717, 1.165) is 23.2 Å². The van der Waals surface area contributed by atoms with E-state index >= 15 is 0 Å². The third-order valence-corrected chi connectivity index (χ3v) is 6.38. The molecular weight excluding hydrogens is 450 g/mol. The van der Waals surface area contributed by atoms with Gasteiger partial charge >= 0.3 is 6.18 Å². The van der Waals surface area contributed by atoms with Gasteiger partial charge in [-0.2, -0.15) is 23.4 Å². The van der Waals surface area contributed by atoms with Crippen LogP contribution >= 0.6 is 11.6 Å². The molecule has 1 atom stereocenters. The van der Waals surface area contributed by atoms with Crippen LogP contribution in [-0.4, -0.2) is 32.0 Å². The summed E-state index contributed by atoms with van der Waals surface area (Å²) in [6.45, 7) is 1.74. The molecule has 1 unspecified atom stereocenters. The predicted molar refractivity (Wildman–Crippen MR) is 108 cm³/mol. The number of hydrogen-bond acceptors (Lipinski definition) is 3. The lowest BCUT2D eigenvalue weighted by molar-refractivity contribution is -0.141. The van der Waals surface area contributed by atoms with Crippen LogP contribution in [0.2, 0.25) is 5.02 Å². The summed E-state index contributed by atoms with van der Waals surface area (Å²) < 4.78 is 55.8. The van der Waals surface area contributed by atoms with Crippen molar-refractivity contribution in [1.29, 1.82) is 0 Å². The maximum absolute atomic E-state index is 13.3. The lowest BCUT2D eigenvalue weighted by atomic mass is 10.2. The molecule has 32 heavy (non-hydrogen) atoms. The van der Waals surface area contributed by atoms with Crippen molar-refractivity contribution in [2.75, 3.05) is 11.4 Å². The Balaban J connectivity index is 1.49. The number of aromatic nitrogens is 4. The number of alkyl halides is 3. The topological polar surface area (TPSA) is 56.0 Å². The van der Waals surface area contributed by atoms with Crippen molar-refractivity contribution in [2.45, 2.75) is 44.3 Å². The van der Waals surface area contributed by atoms with Gasteiger partial charge in [0.25, 0.3) is 5.91 Å². The number of carbonyl (C=O) groups is 1. The number of hydrogen-bond donors (Lipinski definition) is 0. The Morgan fingerprint density at radius 3 is 2.41 bits per heavy atom. The molecule has 3 heterocycles. The van der Waals surface area contributed by atoms with Crippen LogP contribution in [0.4, 0.5) is 23.2 Å². The zero-order valence-electron chi connectivity index (χ0n) is 16.9. The molecule has 5 rings (SSSR count). The molecule has 0 radical (unpaired) electrons. The molecule has 1 saturated carbocycles.